The number of aliphatic hydroxyl groups excluding tert-OH is 1. The van der Waals surface area contributed by atoms with Crippen molar-refractivity contribution in [2.24, 2.45) is 5.41 Å². The number of nitrogens with zero attached hydrogens (tertiary/aromatic N) is 2. The van der Waals surface area contributed by atoms with Crippen molar-refractivity contribution in [1.29, 1.82) is 0 Å². The largest absolute Gasteiger partial charge is 0.465 e. The van der Waals surface area contributed by atoms with Gasteiger partial charge in [-0.05, 0) is 18.9 Å². The second-order valence-electron chi connectivity index (χ2n) is 9.07. The van der Waals surface area contributed by atoms with Crippen LogP contribution in [0.25, 0.3) is 0 Å². The highest BCUT2D eigenvalue weighted by Gasteiger charge is 2.52. The Hall–Kier alpha value is -2.61. The van der Waals surface area contributed by atoms with Crippen LogP contribution in [0.1, 0.15) is 58.6 Å². The van der Waals surface area contributed by atoms with E-state index in [0.29, 0.717) is 13.0 Å². The van der Waals surface area contributed by atoms with Gasteiger partial charge in [0.2, 0.25) is 5.91 Å². The van der Waals surface area contributed by atoms with E-state index in [1.165, 1.54) is 4.90 Å². The van der Waals surface area contributed by atoms with E-state index in [0.717, 1.165) is 16.9 Å². The molecule has 8 heteroatoms. The Balaban J connectivity index is 2.31. The van der Waals surface area contributed by atoms with Crippen LogP contribution in [-0.4, -0.2) is 69.7 Å². The number of rotatable bonds is 9. The highest BCUT2D eigenvalue weighted by molar-refractivity contribution is 5.89. The number of carbonyl (C=O) groups excluding carboxylic acids is 2. The van der Waals surface area contributed by atoms with Gasteiger partial charge in [0.1, 0.15) is 6.04 Å². The summed E-state index contributed by atoms with van der Waals surface area (Å²) in [5.74, 6) is -0.973. The van der Waals surface area contributed by atoms with E-state index in [4.69, 9.17) is 0 Å². The van der Waals surface area contributed by atoms with Crippen molar-refractivity contribution in [2.75, 3.05) is 13.6 Å². The third-order valence-electron chi connectivity index (χ3n) is 6.00. The predicted molar refractivity (Wildman–Crippen MR) is 117 cm³/mol. The molecule has 1 aliphatic rings. The number of likely N-dealkylation sites (tertiary alicyclic amines) is 1. The van der Waals surface area contributed by atoms with Crippen LogP contribution in [0.4, 0.5) is 4.79 Å². The van der Waals surface area contributed by atoms with Gasteiger partial charge in [-0.3, -0.25) is 14.5 Å². The smallest absolute Gasteiger partial charge is 0.408 e. The number of unbranched alkanes of at least 4 members (excludes halogenated alkanes) is 1. The molecule has 1 heterocycles. The number of hydrogen-bond acceptors (Lipinski definition) is 4. The molecule has 1 fully saturated rings. The van der Waals surface area contributed by atoms with E-state index < -0.39 is 35.6 Å². The van der Waals surface area contributed by atoms with Crippen molar-refractivity contribution in [3.05, 3.63) is 35.9 Å². The van der Waals surface area contributed by atoms with Crippen LogP contribution in [0.15, 0.2) is 30.3 Å². The molecule has 0 aromatic heterocycles. The summed E-state index contributed by atoms with van der Waals surface area (Å²) in [6, 6.07) is 6.96. The topological polar surface area (TPSA) is 110 Å². The maximum absolute atomic E-state index is 12.9. The van der Waals surface area contributed by atoms with Gasteiger partial charge in [-0.25, -0.2) is 4.79 Å². The van der Waals surface area contributed by atoms with Gasteiger partial charge in [0.15, 0.2) is 6.10 Å². The van der Waals surface area contributed by atoms with Crippen molar-refractivity contribution < 1.29 is 24.6 Å². The van der Waals surface area contributed by atoms with Crippen LogP contribution in [0.5, 0.6) is 0 Å². The summed E-state index contributed by atoms with van der Waals surface area (Å²) < 4.78 is 0. The number of benzene rings is 1. The Morgan fingerprint density at radius 1 is 1.29 bits per heavy atom. The highest BCUT2D eigenvalue weighted by atomic mass is 16.4. The number of likely N-dealkylation sites (N-methyl/N-ethyl adjacent to an activating group) is 1. The minimum absolute atomic E-state index is 0.278. The molecular weight excluding hydrogens is 398 g/mol. The second-order valence-corrected chi connectivity index (χ2v) is 9.07. The Morgan fingerprint density at radius 2 is 1.90 bits per heavy atom. The summed E-state index contributed by atoms with van der Waals surface area (Å²) in [5, 5.41) is 23.8. The molecule has 3 amide bonds. The molecule has 8 nitrogen and oxygen atoms in total. The molecule has 2 rings (SSSR count). The Kier molecular flexibility index (Phi) is 8.06. The van der Waals surface area contributed by atoms with Crippen molar-refractivity contribution in [1.82, 2.24) is 15.1 Å². The summed E-state index contributed by atoms with van der Waals surface area (Å²) in [5.41, 5.74) is 0.222. The van der Waals surface area contributed by atoms with E-state index in [-0.39, 0.29) is 18.4 Å². The summed E-state index contributed by atoms with van der Waals surface area (Å²) in [6.07, 6.45) is -1.25. The van der Waals surface area contributed by atoms with Crippen molar-refractivity contribution in [3.63, 3.8) is 0 Å². The van der Waals surface area contributed by atoms with Crippen LogP contribution < -0.4 is 5.32 Å². The molecule has 4 atom stereocenters. The van der Waals surface area contributed by atoms with Gasteiger partial charge in [0, 0.05) is 19.0 Å². The molecule has 0 spiro atoms. The average Bonchev–Trinajstić information content (AvgIpc) is 2.91. The lowest BCUT2D eigenvalue weighted by molar-refractivity contribution is -0.139. The molecule has 0 aliphatic carbocycles. The number of amides is 3. The number of hydrogen-bond donors (Lipinski definition) is 3. The van der Waals surface area contributed by atoms with Crippen molar-refractivity contribution in [2.45, 2.75) is 71.2 Å². The summed E-state index contributed by atoms with van der Waals surface area (Å²) >= 11 is 0. The minimum Gasteiger partial charge on any atom is -0.465 e. The Bertz CT molecular complexity index is 783. The Morgan fingerprint density at radius 3 is 2.39 bits per heavy atom. The first-order chi connectivity index (χ1) is 14.5. The lowest BCUT2D eigenvalue weighted by Gasteiger charge is -2.40. The van der Waals surface area contributed by atoms with Crippen LogP contribution in [0.2, 0.25) is 0 Å². The quantitative estimate of drug-likeness (QED) is 0.555. The number of carboxylic acid groups (broad SMARTS) is 1. The Labute approximate surface area is 184 Å². The van der Waals surface area contributed by atoms with E-state index in [2.05, 4.69) is 5.32 Å². The first-order valence-electron chi connectivity index (χ1n) is 10.8. The first kappa shape index (κ1) is 24.7. The molecule has 172 valence electrons. The molecule has 1 aromatic carbocycles. The number of nitrogens with one attached hydrogen (secondary N) is 1. The number of aliphatic hydroxyl groups is 1. The summed E-state index contributed by atoms with van der Waals surface area (Å²) in [4.78, 5) is 40.6. The molecule has 2 unspecified atom stereocenters. The minimum atomic E-state index is -1.59. The second kappa shape index (κ2) is 10.1. The molecule has 0 saturated carbocycles. The third kappa shape index (κ3) is 5.55. The van der Waals surface area contributed by atoms with Gasteiger partial charge >= 0.3 is 6.09 Å². The summed E-state index contributed by atoms with van der Waals surface area (Å²) in [6.45, 7) is 7.80. The standard InChI is InChI=1S/C23H35N3O5/c1-6-7-13-17(18(27)20(28)24-15(2)16-11-9-8-10-12-16)26(22(30)31)19-21(29)25(5)14-23(19,3)4/h8-12,15,17-19,27H,6-7,13-14H2,1-5H3,(H,24,28)(H,30,31)/t15-,17+,18?,19?/m1/s1. The summed E-state index contributed by atoms with van der Waals surface area (Å²) in [7, 11) is 1.63. The van der Waals surface area contributed by atoms with Gasteiger partial charge in [-0.15, -0.1) is 0 Å². The normalized spacial score (nSPS) is 20.8. The zero-order valence-corrected chi connectivity index (χ0v) is 19.0. The van der Waals surface area contributed by atoms with Gasteiger partial charge in [0.25, 0.3) is 5.91 Å². The van der Waals surface area contributed by atoms with Gasteiger partial charge in [-0.2, -0.15) is 0 Å². The zero-order valence-electron chi connectivity index (χ0n) is 19.0. The number of carbonyl (C=O) groups is 3. The molecule has 0 bridgehead atoms. The fourth-order valence-electron chi connectivity index (χ4n) is 4.42. The van der Waals surface area contributed by atoms with Crippen LogP contribution in [0.3, 0.4) is 0 Å². The fraction of sp³-hybridized carbons (Fsp3) is 0.609. The lowest BCUT2D eigenvalue weighted by Crippen LogP contribution is -2.60. The van der Waals surface area contributed by atoms with Gasteiger partial charge in [0.05, 0.1) is 12.1 Å². The highest BCUT2D eigenvalue weighted by Crippen LogP contribution is 2.36. The van der Waals surface area contributed by atoms with E-state index in [9.17, 15) is 24.6 Å². The predicted octanol–water partition coefficient (Wildman–Crippen LogP) is 2.63. The maximum Gasteiger partial charge on any atom is 0.408 e. The molecular formula is C23H35N3O5. The van der Waals surface area contributed by atoms with Crippen LogP contribution in [-0.2, 0) is 9.59 Å². The molecule has 3 N–H and O–H groups in total. The zero-order chi connectivity index (χ0) is 23.3. The van der Waals surface area contributed by atoms with E-state index >= 15 is 0 Å². The van der Waals surface area contributed by atoms with Crippen molar-refractivity contribution >= 4 is 17.9 Å². The molecule has 1 aromatic rings. The SMILES string of the molecule is CCCC[C@@H](C(O)C(=O)N[C@H](C)c1ccccc1)N(C(=O)O)C1C(=O)N(C)CC1(C)C. The lowest BCUT2D eigenvalue weighted by atomic mass is 9.84. The fourth-order valence-corrected chi connectivity index (χ4v) is 4.42. The van der Waals surface area contributed by atoms with E-state index in [1.54, 1.807) is 14.0 Å². The first-order valence-corrected chi connectivity index (χ1v) is 10.8. The van der Waals surface area contributed by atoms with Crippen molar-refractivity contribution in [3.8, 4) is 0 Å². The van der Waals surface area contributed by atoms with Crippen LogP contribution in [0, 0.1) is 5.41 Å². The third-order valence-corrected chi connectivity index (χ3v) is 6.00. The van der Waals surface area contributed by atoms with Gasteiger partial charge in [-0.1, -0.05) is 63.9 Å². The monoisotopic (exact) mass is 433 g/mol. The molecule has 1 saturated heterocycles. The van der Waals surface area contributed by atoms with Gasteiger partial charge < -0.3 is 20.4 Å². The molecule has 1 aliphatic heterocycles. The van der Waals surface area contributed by atoms with Crippen LogP contribution >= 0.6 is 0 Å². The maximum atomic E-state index is 12.9. The average molecular weight is 434 g/mol. The molecule has 31 heavy (non-hydrogen) atoms. The van der Waals surface area contributed by atoms with E-state index in [1.807, 2.05) is 51.1 Å². The molecule has 0 radical (unpaired) electrons.